The van der Waals surface area contributed by atoms with Crippen molar-refractivity contribution in [3.05, 3.63) is 22.1 Å². The number of hydrogen-bond donors (Lipinski definition) is 0. The van der Waals surface area contributed by atoms with Crippen LogP contribution in [0.2, 0.25) is 0 Å². The minimum atomic E-state index is 0.00359. The average Bonchev–Trinajstić information content (AvgIpc) is 3.35. The maximum Gasteiger partial charge on any atom is 0.180 e. The molecule has 6 heteroatoms. The minimum Gasteiger partial charge on any atom is -0.488 e. The smallest absolute Gasteiger partial charge is 0.180 e. The third kappa shape index (κ3) is 5.89. The monoisotopic (exact) mass is 486 g/mol. The SMILES string of the molecule is CCCCCCc1nc2csc(-c3scc4c3OCC(C)(C)CO4)c2nc1CCCCCC. The second kappa shape index (κ2) is 11.2. The standard InChI is InChI=1S/C27H38N2O2S2/c1-5-7-9-11-13-19-20(14-12-10-8-6-2)29-23-21(28-19)15-32-25(23)26-24-22(16-33-26)30-17-27(3,4)18-31-24/h15-16H,5-14,17-18H2,1-4H3. The summed E-state index contributed by atoms with van der Waals surface area (Å²) in [6, 6.07) is 0. The Morgan fingerprint density at radius 1 is 0.788 bits per heavy atom. The van der Waals surface area contributed by atoms with Gasteiger partial charge in [-0.3, -0.25) is 0 Å². The Kier molecular flexibility index (Phi) is 8.29. The van der Waals surface area contributed by atoms with Gasteiger partial charge in [0.2, 0.25) is 0 Å². The molecule has 0 N–H and O–H groups in total. The lowest BCUT2D eigenvalue weighted by molar-refractivity contribution is 0.140. The molecule has 0 spiro atoms. The first-order valence-electron chi connectivity index (χ1n) is 12.7. The van der Waals surface area contributed by atoms with Gasteiger partial charge in [0, 0.05) is 16.2 Å². The highest BCUT2D eigenvalue weighted by molar-refractivity contribution is 7.22. The van der Waals surface area contributed by atoms with Crippen molar-refractivity contribution in [2.75, 3.05) is 13.2 Å². The summed E-state index contributed by atoms with van der Waals surface area (Å²) < 4.78 is 12.4. The average molecular weight is 487 g/mol. The zero-order chi connectivity index (χ0) is 23.3. The Hall–Kier alpha value is -1.66. The van der Waals surface area contributed by atoms with Gasteiger partial charge in [0.1, 0.15) is 11.0 Å². The Bertz CT molecular complexity index is 1050. The van der Waals surface area contributed by atoms with Gasteiger partial charge in [0.25, 0.3) is 0 Å². The van der Waals surface area contributed by atoms with Crippen LogP contribution in [0.25, 0.3) is 20.8 Å². The maximum absolute atomic E-state index is 6.27. The van der Waals surface area contributed by atoms with E-state index in [0.29, 0.717) is 13.2 Å². The van der Waals surface area contributed by atoms with Crippen LogP contribution in [-0.4, -0.2) is 23.2 Å². The van der Waals surface area contributed by atoms with E-state index in [2.05, 4.69) is 38.5 Å². The highest BCUT2D eigenvalue weighted by Gasteiger charge is 2.29. The second-order valence-corrected chi connectivity index (χ2v) is 11.8. The molecule has 0 aromatic carbocycles. The molecule has 3 aromatic rings. The van der Waals surface area contributed by atoms with Crippen LogP contribution in [0.3, 0.4) is 0 Å². The van der Waals surface area contributed by atoms with Crippen LogP contribution in [0.5, 0.6) is 11.5 Å². The maximum atomic E-state index is 6.27. The number of thiophene rings is 2. The van der Waals surface area contributed by atoms with Gasteiger partial charge in [-0.2, -0.15) is 0 Å². The third-order valence-corrected chi connectivity index (χ3v) is 8.32. The van der Waals surface area contributed by atoms with Crippen molar-refractivity contribution in [3.8, 4) is 21.3 Å². The topological polar surface area (TPSA) is 44.2 Å². The van der Waals surface area contributed by atoms with Crippen LogP contribution in [0, 0.1) is 5.41 Å². The van der Waals surface area contributed by atoms with E-state index in [0.717, 1.165) is 40.3 Å². The first-order valence-corrected chi connectivity index (χ1v) is 14.4. The molecule has 0 unspecified atom stereocenters. The molecule has 0 amide bonds. The molecule has 0 bridgehead atoms. The number of aryl methyl sites for hydroxylation is 2. The first kappa shape index (κ1) is 24.5. The fourth-order valence-electron chi connectivity index (χ4n) is 4.25. The molecule has 0 aliphatic carbocycles. The van der Waals surface area contributed by atoms with Crippen LogP contribution >= 0.6 is 22.7 Å². The summed E-state index contributed by atoms with van der Waals surface area (Å²) in [4.78, 5) is 12.7. The van der Waals surface area contributed by atoms with Gasteiger partial charge in [-0.1, -0.05) is 66.2 Å². The Morgan fingerprint density at radius 2 is 1.42 bits per heavy atom. The number of aromatic nitrogens is 2. The summed E-state index contributed by atoms with van der Waals surface area (Å²) in [6.07, 6.45) is 12.1. The van der Waals surface area contributed by atoms with E-state index in [4.69, 9.17) is 19.4 Å². The van der Waals surface area contributed by atoms with Crippen LogP contribution in [-0.2, 0) is 12.8 Å². The highest BCUT2D eigenvalue weighted by Crippen LogP contribution is 2.49. The summed E-state index contributed by atoms with van der Waals surface area (Å²) in [6.45, 7) is 10.2. The molecular weight excluding hydrogens is 448 g/mol. The van der Waals surface area contributed by atoms with Crippen LogP contribution in [0.15, 0.2) is 10.8 Å². The lowest BCUT2D eigenvalue weighted by Crippen LogP contribution is -2.26. The van der Waals surface area contributed by atoms with E-state index in [9.17, 15) is 0 Å². The quantitative estimate of drug-likeness (QED) is 0.255. The van der Waals surface area contributed by atoms with Crippen molar-refractivity contribution < 1.29 is 9.47 Å². The summed E-state index contributed by atoms with van der Waals surface area (Å²) in [5.41, 5.74) is 4.47. The Morgan fingerprint density at radius 3 is 2.12 bits per heavy atom. The van der Waals surface area contributed by atoms with Gasteiger partial charge >= 0.3 is 0 Å². The molecule has 0 saturated heterocycles. The molecule has 0 fully saturated rings. The normalized spacial score (nSPS) is 15.2. The highest BCUT2D eigenvalue weighted by atomic mass is 32.1. The lowest BCUT2D eigenvalue weighted by atomic mass is 9.97. The van der Waals surface area contributed by atoms with Crippen LogP contribution in [0.1, 0.15) is 90.4 Å². The van der Waals surface area contributed by atoms with E-state index in [-0.39, 0.29) is 5.41 Å². The molecule has 33 heavy (non-hydrogen) atoms. The summed E-state index contributed by atoms with van der Waals surface area (Å²) in [5.74, 6) is 1.74. The molecular formula is C27H38N2O2S2. The van der Waals surface area contributed by atoms with Gasteiger partial charge in [-0.05, 0) is 25.7 Å². The number of nitrogens with zero attached hydrogens (tertiary/aromatic N) is 2. The molecule has 3 aromatic heterocycles. The van der Waals surface area contributed by atoms with Crippen molar-refractivity contribution in [2.24, 2.45) is 5.41 Å². The van der Waals surface area contributed by atoms with E-state index < -0.39 is 0 Å². The second-order valence-electron chi connectivity index (χ2n) is 10.0. The molecule has 4 nitrogen and oxygen atoms in total. The molecule has 0 radical (unpaired) electrons. The largest absolute Gasteiger partial charge is 0.488 e. The van der Waals surface area contributed by atoms with E-state index in [1.165, 1.54) is 67.6 Å². The van der Waals surface area contributed by atoms with E-state index >= 15 is 0 Å². The summed E-state index contributed by atoms with van der Waals surface area (Å²) in [5, 5.41) is 4.25. The van der Waals surface area contributed by atoms with Crippen LogP contribution in [0.4, 0.5) is 0 Å². The van der Waals surface area contributed by atoms with E-state index in [1.807, 2.05) is 0 Å². The van der Waals surface area contributed by atoms with Crippen molar-refractivity contribution in [2.45, 2.75) is 91.9 Å². The zero-order valence-corrected chi connectivity index (χ0v) is 22.3. The number of hydrogen-bond acceptors (Lipinski definition) is 6. The third-order valence-electron chi connectivity index (χ3n) is 6.26. The van der Waals surface area contributed by atoms with Crippen molar-refractivity contribution in [1.82, 2.24) is 9.97 Å². The van der Waals surface area contributed by atoms with Crippen molar-refractivity contribution in [1.29, 1.82) is 0 Å². The Balaban J connectivity index is 1.65. The van der Waals surface area contributed by atoms with Crippen molar-refractivity contribution in [3.63, 3.8) is 0 Å². The first-order chi connectivity index (χ1) is 16.0. The number of ether oxygens (including phenoxy) is 2. The van der Waals surface area contributed by atoms with Gasteiger partial charge < -0.3 is 9.47 Å². The number of rotatable bonds is 11. The number of fused-ring (bicyclic) bond motifs is 2. The van der Waals surface area contributed by atoms with Crippen molar-refractivity contribution >= 4 is 33.7 Å². The van der Waals surface area contributed by atoms with Gasteiger partial charge in [-0.15, -0.1) is 22.7 Å². The fourth-order valence-corrected chi connectivity index (χ4v) is 6.26. The van der Waals surface area contributed by atoms with Gasteiger partial charge in [-0.25, -0.2) is 9.97 Å². The number of unbranched alkanes of at least 4 members (excludes halogenated alkanes) is 6. The minimum absolute atomic E-state index is 0.00359. The molecule has 4 rings (SSSR count). The molecule has 4 heterocycles. The predicted octanol–water partition coefficient (Wildman–Crippen LogP) is 8.46. The molecule has 0 atom stereocenters. The zero-order valence-electron chi connectivity index (χ0n) is 20.7. The van der Waals surface area contributed by atoms with Gasteiger partial charge in [0.15, 0.2) is 11.5 Å². The predicted molar refractivity (Wildman–Crippen MR) is 141 cm³/mol. The molecule has 1 aliphatic heterocycles. The fraction of sp³-hybridized carbons (Fsp3) is 0.630. The summed E-state index contributed by atoms with van der Waals surface area (Å²) in [7, 11) is 0. The van der Waals surface area contributed by atoms with E-state index in [1.54, 1.807) is 22.7 Å². The molecule has 1 aliphatic rings. The molecule has 0 saturated carbocycles. The Labute approximate surface area is 206 Å². The molecule has 180 valence electrons. The van der Waals surface area contributed by atoms with Crippen LogP contribution < -0.4 is 9.47 Å². The lowest BCUT2D eigenvalue weighted by Gasteiger charge is -2.20. The van der Waals surface area contributed by atoms with Gasteiger partial charge in [0.05, 0.1) is 34.4 Å². The summed E-state index contributed by atoms with van der Waals surface area (Å²) >= 11 is 3.43.